The van der Waals surface area contributed by atoms with Crippen LogP contribution in [0.1, 0.15) is 42.9 Å². The Morgan fingerprint density at radius 3 is 2.49 bits per heavy atom. The quantitative estimate of drug-likeness (QED) is 0.285. The van der Waals surface area contributed by atoms with E-state index in [1.165, 1.54) is 10.8 Å². The summed E-state index contributed by atoms with van der Waals surface area (Å²) in [6, 6.07) is 10.0. The van der Waals surface area contributed by atoms with Gasteiger partial charge in [0.15, 0.2) is 5.82 Å². The molecule has 5 rings (SSSR count). The van der Waals surface area contributed by atoms with Gasteiger partial charge in [0.25, 0.3) is 5.56 Å². The van der Waals surface area contributed by atoms with Gasteiger partial charge in [-0.15, -0.1) is 5.10 Å². The van der Waals surface area contributed by atoms with E-state index in [0.29, 0.717) is 17.1 Å². The van der Waals surface area contributed by atoms with Crippen LogP contribution in [0, 0.1) is 11.6 Å². The fourth-order valence-electron chi connectivity index (χ4n) is 4.31. The second-order valence-corrected chi connectivity index (χ2v) is 9.17. The number of H-pyrrole nitrogens is 1. The van der Waals surface area contributed by atoms with E-state index in [2.05, 4.69) is 35.9 Å². The molecule has 0 aliphatic rings. The first-order valence-electron chi connectivity index (χ1n) is 11.9. The molecule has 0 aliphatic carbocycles. The fourth-order valence-corrected chi connectivity index (χ4v) is 4.31. The molecule has 1 amide bonds. The summed E-state index contributed by atoms with van der Waals surface area (Å²) in [6.45, 7) is 3.95. The zero-order chi connectivity index (χ0) is 27.7. The van der Waals surface area contributed by atoms with Crippen LogP contribution in [0.25, 0.3) is 28.0 Å². The van der Waals surface area contributed by atoms with Crippen LogP contribution >= 0.6 is 0 Å². The monoisotopic (exact) mass is 532 g/mol. The lowest BCUT2D eigenvalue weighted by Gasteiger charge is -2.22. The van der Waals surface area contributed by atoms with E-state index in [0.717, 1.165) is 23.9 Å². The molecule has 3 heterocycles. The predicted molar refractivity (Wildman–Crippen MR) is 136 cm³/mol. The summed E-state index contributed by atoms with van der Waals surface area (Å²) < 4.78 is 29.2. The normalized spacial score (nSPS) is 12.1. The van der Waals surface area contributed by atoms with Crippen LogP contribution in [0.4, 0.5) is 13.6 Å². The minimum Gasteiger partial charge on any atom is -0.465 e. The molecule has 0 spiro atoms. The van der Waals surface area contributed by atoms with Gasteiger partial charge in [0, 0.05) is 23.7 Å². The Hall–Kier alpha value is -5.07. The van der Waals surface area contributed by atoms with Gasteiger partial charge in [0.05, 0.1) is 28.8 Å². The van der Waals surface area contributed by atoms with Crippen LogP contribution in [-0.2, 0) is 6.42 Å². The molecular weight excluding hydrogens is 510 g/mol. The van der Waals surface area contributed by atoms with Crippen molar-refractivity contribution in [2.24, 2.45) is 0 Å². The Morgan fingerprint density at radius 1 is 1.10 bits per heavy atom. The number of hydrogen-bond acceptors (Lipinski definition) is 7. The average molecular weight is 533 g/mol. The van der Waals surface area contributed by atoms with Crippen molar-refractivity contribution < 1.29 is 18.7 Å². The smallest absolute Gasteiger partial charge is 0.405 e. The summed E-state index contributed by atoms with van der Waals surface area (Å²) in [5.41, 5.74) is 1.61. The second-order valence-electron chi connectivity index (χ2n) is 9.17. The summed E-state index contributed by atoms with van der Waals surface area (Å²) >= 11 is 0. The lowest BCUT2D eigenvalue weighted by Crippen LogP contribution is -2.35. The van der Waals surface area contributed by atoms with E-state index in [-0.39, 0.29) is 34.6 Å². The third-order valence-corrected chi connectivity index (χ3v) is 6.11. The predicted octanol–water partition coefficient (Wildman–Crippen LogP) is 3.91. The molecule has 0 fully saturated rings. The Balaban J connectivity index is 1.74. The highest BCUT2D eigenvalue weighted by molar-refractivity contribution is 5.82. The first kappa shape index (κ1) is 25.6. The minimum absolute atomic E-state index is 0.00603. The molecule has 13 heteroatoms. The van der Waals surface area contributed by atoms with Crippen LogP contribution in [0.5, 0.6) is 0 Å². The van der Waals surface area contributed by atoms with E-state index in [1.54, 1.807) is 30.3 Å². The third kappa shape index (κ3) is 5.32. The fraction of sp³-hybridized carbons (Fsp3) is 0.192. The Morgan fingerprint density at radius 2 is 1.87 bits per heavy atom. The number of aromatic nitrogens is 7. The molecule has 0 radical (unpaired) electrons. The maximum absolute atomic E-state index is 14.0. The molecule has 0 saturated carbocycles. The molecule has 0 unspecified atom stereocenters. The summed E-state index contributed by atoms with van der Waals surface area (Å²) in [4.78, 5) is 34.8. The number of carboxylic acid groups (broad SMARTS) is 1. The Kier molecular flexibility index (Phi) is 6.79. The van der Waals surface area contributed by atoms with Gasteiger partial charge in [-0.1, -0.05) is 19.9 Å². The number of amides is 1. The van der Waals surface area contributed by atoms with E-state index in [1.807, 2.05) is 13.8 Å². The first-order chi connectivity index (χ1) is 18.7. The summed E-state index contributed by atoms with van der Waals surface area (Å²) in [5.74, 6) is -1.15. The van der Waals surface area contributed by atoms with Gasteiger partial charge in [-0.05, 0) is 58.3 Å². The van der Waals surface area contributed by atoms with Crippen molar-refractivity contribution >= 4 is 17.0 Å². The highest BCUT2D eigenvalue weighted by Gasteiger charge is 2.25. The number of pyridine rings is 1. The van der Waals surface area contributed by atoms with Crippen LogP contribution in [0.2, 0.25) is 0 Å². The SMILES string of the molecule is CC(C)c1ccc(-n2c([C@H](Cc3cc(F)cc(F)c3)NC(=O)O)nc3cc(-c4nnn[nH]4)ccc3c2=O)cn1. The van der Waals surface area contributed by atoms with Gasteiger partial charge in [-0.3, -0.25) is 14.3 Å². The number of aromatic amines is 1. The van der Waals surface area contributed by atoms with E-state index in [4.69, 9.17) is 0 Å². The van der Waals surface area contributed by atoms with E-state index < -0.39 is 29.3 Å². The van der Waals surface area contributed by atoms with Gasteiger partial charge in [-0.2, -0.15) is 0 Å². The molecule has 3 N–H and O–H groups in total. The zero-order valence-corrected chi connectivity index (χ0v) is 20.8. The van der Waals surface area contributed by atoms with Crippen molar-refractivity contribution in [2.45, 2.75) is 32.2 Å². The minimum atomic E-state index is -1.41. The number of carbonyl (C=O) groups is 1. The van der Waals surface area contributed by atoms with Crippen molar-refractivity contribution in [3.8, 4) is 17.1 Å². The van der Waals surface area contributed by atoms with Gasteiger partial charge in [-0.25, -0.2) is 23.7 Å². The first-order valence-corrected chi connectivity index (χ1v) is 11.9. The zero-order valence-electron chi connectivity index (χ0n) is 20.8. The van der Waals surface area contributed by atoms with Crippen molar-refractivity contribution in [1.82, 2.24) is 40.5 Å². The lowest BCUT2D eigenvalue weighted by molar-refractivity contribution is 0.189. The van der Waals surface area contributed by atoms with Gasteiger partial charge < -0.3 is 10.4 Å². The van der Waals surface area contributed by atoms with Crippen molar-refractivity contribution in [3.63, 3.8) is 0 Å². The van der Waals surface area contributed by atoms with Crippen LogP contribution in [-0.4, -0.2) is 46.4 Å². The average Bonchev–Trinajstić information content (AvgIpc) is 3.42. The third-order valence-electron chi connectivity index (χ3n) is 6.11. The maximum Gasteiger partial charge on any atom is 0.405 e. The summed E-state index contributed by atoms with van der Waals surface area (Å²) in [5, 5.41) is 25.9. The molecule has 1 atom stereocenters. The standard InChI is InChI=1S/C26H22F2N8O3/c1-13(2)20-6-4-18(12-29-20)36-24(22(31-26(38)39)9-14-7-16(27)11-17(28)8-14)30-21-10-15(23-32-34-35-33-23)3-5-19(21)25(36)37/h3-8,10-13,22,31H,9H2,1-2H3,(H,38,39)(H,32,33,34,35)/t22-/m0/s1. The Bertz CT molecular complexity index is 1700. The number of nitrogens with one attached hydrogen (secondary N) is 2. The van der Waals surface area contributed by atoms with Crippen molar-refractivity contribution in [3.05, 3.63) is 93.8 Å². The van der Waals surface area contributed by atoms with Gasteiger partial charge in [0.1, 0.15) is 17.5 Å². The van der Waals surface area contributed by atoms with Crippen LogP contribution in [0.15, 0.2) is 59.5 Å². The number of halogens is 2. The highest BCUT2D eigenvalue weighted by Crippen LogP contribution is 2.25. The molecule has 5 aromatic rings. The molecule has 0 aliphatic heterocycles. The number of nitrogens with zero attached hydrogens (tertiary/aromatic N) is 6. The van der Waals surface area contributed by atoms with Gasteiger partial charge in [0.2, 0.25) is 0 Å². The molecule has 39 heavy (non-hydrogen) atoms. The summed E-state index contributed by atoms with van der Waals surface area (Å²) in [6.07, 6.45) is -0.100. The molecule has 0 saturated heterocycles. The second kappa shape index (κ2) is 10.4. The number of benzene rings is 2. The van der Waals surface area contributed by atoms with E-state index in [9.17, 15) is 23.5 Å². The topological polar surface area (TPSA) is 152 Å². The van der Waals surface area contributed by atoms with E-state index >= 15 is 0 Å². The van der Waals surface area contributed by atoms with Crippen LogP contribution in [0.3, 0.4) is 0 Å². The number of fused-ring (bicyclic) bond motifs is 1. The number of hydrogen-bond donors (Lipinski definition) is 3. The lowest BCUT2D eigenvalue weighted by atomic mass is 10.0. The molecule has 0 bridgehead atoms. The number of tetrazole rings is 1. The Labute approximate surface area is 219 Å². The van der Waals surface area contributed by atoms with Crippen molar-refractivity contribution in [2.75, 3.05) is 0 Å². The van der Waals surface area contributed by atoms with Gasteiger partial charge >= 0.3 is 6.09 Å². The molecule has 3 aromatic heterocycles. The number of rotatable bonds is 7. The molecule has 198 valence electrons. The largest absolute Gasteiger partial charge is 0.465 e. The van der Waals surface area contributed by atoms with Crippen LogP contribution < -0.4 is 10.9 Å². The van der Waals surface area contributed by atoms with Crippen molar-refractivity contribution in [1.29, 1.82) is 0 Å². The molecule has 11 nitrogen and oxygen atoms in total. The summed E-state index contributed by atoms with van der Waals surface area (Å²) in [7, 11) is 0. The highest BCUT2D eigenvalue weighted by atomic mass is 19.1. The maximum atomic E-state index is 14.0. The molecule has 2 aromatic carbocycles. The molecular formula is C26H22F2N8O3.